The SMILES string of the molecule is O=C1C(=Cc2cccs2)Nc2ccccc21. The van der Waals surface area contributed by atoms with E-state index in [4.69, 9.17) is 0 Å². The largest absolute Gasteiger partial charge is 0.352 e. The van der Waals surface area contributed by atoms with Crippen LogP contribution >= 0.6 is 11.3 Å². The summed E-state index contributed by atoms with van der Waals surface area (Å²) in [6, 6.07) is 11.5. The van der Waals surface area contributed by atoms with E-state index in [1.165, 1.54) is 0 Å². The summed E-state index contributed by atoms with van der Waals surface area (Å²) in [7, 11) is 0. The molecule has 3 heteroatoms. The zero-order chi connectivity index (χ0) is 11.0. The number of fused-ring (bicyclic) bond motifs is 1. The lowest BCUT2D eigenvalue weighted by Crippen LogP contribution is -1.98. The first-order valence-corrected chi connectivity index (χ1v) is 5.88. The number of allylic oxidation sites excluding steroid dienone is 1. The van der Waals surface area contributed by atoms with Crippen LogP contribution in [0.15, 0.2) is 47.5 Å². The number of hydrogen-bond acceptors (Lipinski definition) is 3. The number of ketones is 1. The molecule has 0 bridgehead atoms. The van der Waals surface area contributed by atoms with E-state index < -0.39 is 0 Å². The van der Waals surface area contributed by atoms with Gasteiger partial charge in [-0.1, -0.05) is 18.2 Å². The molecule has 2 nitrogen and oxygen atoms in total. The molecule has 78 valence electrons. The number of thiophene rings is 1. The molecule has 0 atom stereocenters. The van der Waals surface area contributed by atoms with Gasteiger partial charge in [0.05, 0.1) is 5.70 Å². The molecule has 1 N–H and O–H groups in total. The fraction of sp³-hybridized carbons (Fsp3) is 0. The molecule has 1 aromatic heterocycles. The standard InChI is InChI=1S/C13H9NOS/c15-13-10-5-1-2-6-11(10)14-12(13)8-9-4-3-7-16-9/h1-8,14H. The number of benzene rings is 1. The first-order chi connectivity index (χ1) is 7.84. The maximum atomic E-state index is 12.0. The molecular weight excluding hydrogens is 218 g/mol. The van der Waals surface area contributed by atoms with Crippen LogP contribution in [0.4, 0.5) is 5.69 Å². The van der Waals surface area contributed by atoms with Crippen molar-refractivity contribution in [2.24, 2.45) is 0 Å². The van der Waals surface area contributed by atoms with Crippen molar-refractivity contribution in [3.63, 3.8) is 0 Å². The Bertz CT molecular complexity index is 569. The van der Waals surface area contributed by atoms with Gasteiger partial charge in [-0.25, -0.2) is 0 Å². The fourth-order valence-electron chi connectivity index (χ4n) is 1.75. The van der Waals surface area contributed by atoms with Gasteiger partial charge in [0.25, 0.3) is 0 Å². The van der Waals surface area contributed by atoms with Crippen molar-refractivity contribution in [2.75, 3.05) is 5.32 Å². The van der Waals surface area contributed by atoms with Crippen molar-refractivity contribution in [3.05, 3.63) is 57.9 Å². The van der Waals surface area contributed by atoms with Crippen LogP contribution in [-0.4, -0.2) is 5.78 Å². The van der Waals surface area contributed by atoms with Gasteiger partial charge in [-0.15, -0.1) is 11.3 Å². The number of nitrogens with one attached hydrogen (secondary N) is 1. The third-order valence-electron chi connectivity index (χ3n) is 2.52. The van der Waals surface area contributed by atoms with Crippen LogP contribution in [0.5, 0.6) is 0 Å². The lowest BCUT2D eigenvalue weighted by atomic mass is 10.1. The molecule has 2 heterocycles. The maximum absolute atomic E-state index is 12.0. The summed E-state index contributed by atoms with van der Waals surface area (Å²) in [4.78, 5) is 13.1. The molecule has 1 aliphatic rings. The molecule has 3 rings (SSSR count). The average molecular weight is 227 g/mol. The number of carbonyl (C=O) groups is 1. The van der Waals surface area contributed by atoms with Crippen molar-refractivity contribution >= 4 is 28.9 Å². The van der Waals surface area contributed by atoms with Crippen LogP contribution in [0.25, 0.3) is 6.08 Å². The minimum Gasteiger partial charge on any atom is -0.352 e. The minimum atomic E-state index is 0.0731. The molecule has 0 aliphatic carbocycles. The number of carbonyl (C=O) groups excluding carboxylic acids is 1. The van der Waals surface area contributed by atoms with Crippen LogP contribution in [0.1, 0.15) is 15.2 Å². The first-order valence-electron chi connectivity index (χ1n) is 5.00. The fourth-order valence-corrected chi connectivity index (χ4v) is 2.41. The molecule has 0 spiro atoms. The second-order valence-corrected chi connectivity index (χ2v) is 4.55. The Balaban J connectivity index is 2.02. The number of hydrogen-bond donors (Lipinski definition) is 1. The monoisotopic (exact) mass is 227 g/mol. The molecule has 0 amide bonds. The predicted molar refractivity (Wildman–Crippen MR) is 66.7 cm³/mol. The van der Waals surface area contributed by atoms with E-state index in [1.807, 2.05) is 47.9 Å². The van der Waals surface area contributed by atoms with Crippen LogP contribution in [0, 0.1) is 0 Å². The third-order valence-corrected chi connectivity index (χ3v) is 3.33. The summed E-state index contributed by atoms with van der Waals surface area (Å²) in [5, 5.41) is 5.14. The van der Waals surface area contributed by atoms with Crippen LogP contribution in [-0.2, 0) is 0 Å². The summed E-state index contributed by atoms with van der Waals surface area (Å²) in [6.45, 7) is 0. The van der Waals surface area contributed by atoms with Crippen LogP contribution in [0.2, 0.25) is 0 Å². The Morgan fingerprint density at radius 1 is 1.12 bits per heavy atom. The molecule has 0 saturated carbocycles. The van der Waals surface area contributed by atoms with E-state index in [0.717, 1.165) is 16.1 Å². The quantitative estimate of drug-likeness (QED) is 0.756. The Hall–Kier alpha value is -1.87. The van der Waals surface area contributed by atoms with E-state index >= 15 is 0 Å². The van der Waals surface area contributed by atoms with Crippen molar-refractivity contribution in [1.29, 1.82) is 0 Å². The highest BCUT2D eigenvalue weighted by Gasteiger charge is 2.23. The normalized spacial score (nSPS) is 16.2. The van der Waals surface area contributed by atoms with Crippen molar-refractivity contribution in [3.8, 4) is 0 Å². The molecule has 0 radical (unpaired) electrons. The maximum Gasteiger partial charge on any atom is 0.211 e. The van der Waals surface area contributed by atoms with Gasteiger partial charge >= 0.3 is 0 Å². The van der Waals surface area contributed by atoms with Gasteiger partial charge in [0.1, 0.15) is 0 Å². The number of para-hydroxylation sites is 1. The van der Waals surface area contributed by atoms with Gasteiger partial charge in [-0.2, -0.15) is 0 Å². The highest BCUT2D eigenvalue weighted by molar-refractivity contribution is 7.10. The van der Waals surface area contributed by atoms with Crippen molar-refractivity contribution in [2.45, 2.75) is 0 Å². The molecule has 16 heavy (non-hydrogen) atoms. The first kappa shape index (κ1) is 9.36. The molecular formula is C13H9NOS. The predicted octanol–water partition coefficient (Wildman–Crippen LogP) is 3.40. The zero-order valence-corrected chi connectivity index (χ0v) is 9.25. The molecule has 0 saturated heterocycles. The van der Waals surface area contributed by atoms with Crippen molar-refractivity contribution in [1.82, 2.24) is 0 Å². The van der Waals surface area contributed by atoms with E-state index in [9.17, 15) is 4.79 Å². The van der Waals surface area contributed by atoms with Crippen molar-refractivity contribution < 1.29 is 4.79 Å². The van der Waals surface area contributed by atoms with E-state index in [1.54, 1.807) is 11.3 Å². The van der Waals surface area contributed by atoms with Gasteiger partial charge in [0, 0.05) is 16.1 Å². The summed E-state index contributed by atoms with van der Waals surface area (Å²) in [5.41, 5.74) is 2.31. The Kier molecular flexibility index (Phi) is 2.11. The Morgan fingerprint density at radius 2 is 2.00 bits per heavy atom. The van der Waals surface area contributed by atoms with E-state index in [2.05, 4.69) is 5.32 Å². The topological polar surface area (TPSA) is 29.1 Å². The van der Waals surface area contributed by atoms with Gasteiger partial charge in [0.15, 0.2) is 0 Å². The van der Waals surface area contributed by atoms with Crippen LogP contribution in [0.3, 0.4) is 0 Å². The number of rotatable bonds is 1. The summed E-state index contributed by atoms with van der Waals surface area (Å²) < 4.78 is 0. The smallest absolute Gasteiger partial charge is 0.211 e. The number of anilines is 1. The summed E-state index contributed by atoms with van der Waals surface area (Å²) in [6.07, 6.45) is 1.90. The zero-order valence-electron chi connectivity index (χ0n) is 8.44. The molecule has 2 aromatic rings. The minimum absolute atomic E-state index is 0.0731. The molecule has 0 fully saturated rings. The van der Waals surface area contributed by atoms with Gasteiger partial charge in [-0.05, 0) is 29.7 Å². The van der Waals surface area contributed by atoms with Gasteiger partial charge < -0.3 is 5.32 Å². The van der Waals surface area contributed by atoms with Gasteiger partial charge in [0.2, 0.25) is 5.78 Å². The summed E-state index contributed by atoms with van der Waals surface area (Å²) >= 11 is 1.62. The molecule has 1 aliphatic heterocycles. The second kappa shape index (κ2) is 3.61. The number of Topliss-reactive ketones (excluding diaryl/α,β-unsaturated/α-hetero) is 1. The highest BCUT2D eigenvalue weighted by atomic mass is 32.1. The highest BCUT2D eigenvalue weighted by Crippen LogP contribution is 2.29. The second-order valence-electron chi connectivity index (χ2n) is 3.57. The lowest BCUT2D eigenvalue weighted by Gasteiger charge is -1.96. The Morgan fingerprint density at radius 3 is 2.75 bits per heavy atom. The summed E-state index contributed by atoms with van der Waals surface area (Å²) in [5.74, 6) is 0.0731. The lowest BCUT2D eigenvalue weighted by molar-refractivity contribution is 0.104. The van der Waals surface area contributed by atoms with Crippen LogP contribution < -0.4 is 5.32 Å². The van der Waals surface area contributed by atoms with Gasteiger partial charge in [-0.3, -0.25) is 4.79 Å². The van der Waals surface area contributed by atoms with E-state index in [-0.39, 0.29) is 5.78 Å². The molecule has 0 unspecified atom stereocenters. The average Bonchev–Trinajstić information content (AvgIpc) is 2.90. The van der Waals surface area contributed by atoms with E-state index in [0.29, 0.717) is 5.70 Å². The molecule has 1 aromatic carbocycles. The third kappa shape index (κ3) is 1.46. The Labute approximate surface area is 97.2 Å².